The number of likely N-dealkylation sites (tertiary alicyclic amines) is 1. The standard InChI is InChI=1S/C33H33F2NO2.C2HF3O2/c34-29-14-17-31(32(35)24-29)25-12-15-30(16-13-25)38-23-7-20-36-21-18-28(19-22-36)33(37,26-8-3-1-4-9-26)27-10-5-2-6-11-27;3-2(4,5)1(6)7/h1-6,8-17,24,28,37H,7,18-23H2;(H,6,7). The number of carboxylic acids is 1. The second-order valence-corrected chi connectivity index (χ2v) is 10.8. The van der Waals surface area contributed by atoms with Gasteiger partial charge in [0, 0.05) is 18.2 Å². The highest BCUT2D eigenvalue weighted by Gasteiger charge is 2.41. The molecule has 10 heteroatoms. The minimum Gasteiger partial charge on any atom is -0.494 e. The quantitative estimate of drug-likeness (QED) is 0.147. The molecule has 0 radical (unpaired) electrons. The summed E-state index contributed by atoms with van der Waals surface area (Å²) in [6.45, 7) is 3.39. The lowest BCUT2D eigenvalue weighted by Gasteiger charge is -2.42. The molecule has 0 amide bonds. The number of nitrogens with zero attached hydrogens (tertiary/aromatic N) is 1. The molecule has 1 aliphatic heterocycles. The molecule has 4 aromatic rings. The molecule has 0 aromatic heterocycles. The van der Waals surface area contributed by atoms with Gasteiger partial charge in [-0.15, -0.1) is 0 Å². The smallest absolute Gasteiger partial charge is 0.490 e. The first kappa shape index (κ1) is 33.6. The van der Waals surface area contributed by atoms with Crippen LogP contribution in [0.25, 0.3) is 11.1 Å². The van der Waals surface area contributed by atoms with Crippen molar-refractivity contribution in [1.29, 1.82) is 0 Å². The summed E-state index contributed by atoms with van der Waals surface area (Å²) in [4.78, 5) is 11.3. The van der Waals surface area contributed by atoms with Crippen molar-refractivity contribution in [3.8, 4) is 16.9 Å². The number of aliphatic carboxylic acids is 1. The molecule has 1 saturated heterocycles. The van der Waals surface area contributed by atoms with Gasteiger partial charge in [0.15, 0.2) is 0 Å². The Kier molecular flexibility index (Phi) is 11.3. The van der Waals surface area contributed by atoms with Gasteiger partial charge >= 0.3 is 12.1 Å². The van der Waals surface area contributed by atoms with E-state index in [9.17, 15) is 27.1 Å². The Morgan fingerprint density at radius 2 is 1.36 bits per heavy atom. The summed E-state index contributed by atoms with van der Waals surface area (Å²) in [5, 5.41) is 19.2. The molecule has 1 heterocycles. The lowest BCUT2D eigenvalue weighted by Crippen LogP contribution is -2.44. The van der Waals surface area contributed by atoms with Crippen LogP contribution in [0.2, 0.25) is 0 Å². The fraction of sp³-hybridized carbons (Fsp3) is 0.286. The van der Waals surface area contributed by atoms with E-state index in [0.717, 1.165) is 61.8 Å². The van der Waals surface area contributed by atoms with Crippen LogP contribution >= 0.6 is 0 Å². The third-order valence-electron chi connectivity index (χ3n) is 7.83. The van der Waals surface area contributed by atoms with E-state index < -0.39 is 29.4 Å². The Morgan fingerprint density at radius 3 is 1.84 bits per heavy atom. The molecule has 1 aliphatic rings. The SMILES string of the molecule is O=C(O)C(F)(F)F.OC(c1ccccc1)(c1ccccc1)C1CCN(CCCOc2ccc(-c3ccc(F)cc3F)cc2)CC1. The maximum atomic E-state index is 14.0. The van der Waals surface area contributed by atoms with Gasteiger partial charge in [0.25, 0.3) is 0 Å². The number of rotatable bonds is 9. The largest absolute Gasteiger partial charge is 0.494 e. The van der Waals surface area contributed by atoms with E-state index in [1.807, 2.05) is 72.8 Å². The van der Waals surface area contributed by atoms with Crippen LogP contribution in [0.1, 0.15) is 30.4 Å². The number of hydrogen-bond donors (Lipinski definition) is 2. The zero-order valence-corrected chi connectivity index (χ0v) is 24.4. The van der Waals surface area contributed by atoms with Crippen molar-refractivity contribution in [3.05, 3.63) is 126 Å². The first-order chi connectivity index (χ1) is 21.5. The highest BCUT2D eigenvalue weighted by molar-refractivity contribution is 5.73. The predicted octanol–water partition coefficient (Wildman–Crippen LogP) is 7.68. The summed E-state index contributed by atoms with van der Waals surface area (Å²) in [5.74, 6) is -3.05. The first-order valence-corrected chi connectivity index (χ1v) is 14.5. The monoisotopic (exact) mass is 627 g/mol. The average molecular weight is 628 g/mol. The van der Waals surface area contributed by atoms with Gasteiger partial charge in [-0.1, -0.05) is 72.8 Å². The van der Waals surface area contributed by atoms with Gasteiger partial charge < -0.3 is 19.8 Å². The molecular weight excluding hydrogens is 593 g/mol. The van der Waals surface area contributed by atoms with Crippen molar-refractivity contribution in [2.45, 2.75) is 31.0 Å². The summed E-state index contributed by atoms with van der Waals surface area (Å²) in [6.07, 6.45) is -2.36. The van der Waals surface area contributed by atoms with E-state index in [1.54, 1.807) is 12.1 Å². The summed E-state index contributed by atoms with van der Waals surface area (Å²) in [6, 6.07) is 30.9. The topological polar surface area (TPSA) is 70.0 Å². The van der Waals surface area contributed by atoms with Crippen molar-refractivity contribution in [3.63, 3.8) is 0 Å². The summed E-state index contributed by atoms with van der Waals surface area (Å²) in [7, 11) is 0. The fourth-order valence-electron chi connectivity index (χ4n) is 5.53. The zero-order chi connectivity index (χ0) is 32.5. The number of carboxylic acid groups (broad SMARTS) is 1. The van der Waals surface area contributed by atoms with Gasteiger partial charge in [-0.3, -0.25) is 0 Å². The second-order valence-electron chi connectivity index (χ2n) is 10.8. The van der Waals surface area contributed by atoms with Gasteiger partial charge in [-0.2, -0.15) is 13.2 Å². The van der Waals surface area contributed by atoms with Crippen LogP contribution in [0.4, 0.5) is 22.0 Å². The number of hydrogen-bond acceptors (Lipinski definition) is 4. The molecule has 4 aromatic carbocycles. The van der Waals surface area contributed by atoms with Crippen LogP contribution in [0.15, 0.2) is 103 Å². The van der Waals surface area contributed by atoms with Crippen LogP contribution in [0.5, 0.6) is 5.75 Å². The molecule has 5 rings (SSSR count). The van der Waals surface area contributed by atoms with Gasteiger partial charge in [-0.05, 0) is 79.2 Å². The molecule has 0 aliphatic carbocycles. The number of halogens is 5. The maximum absolute atomic E-state index is 14.0. The Morgan fingerprint density at radius 1 is 0.822 bits per heavy atom. The first-order valence-electron chi connectivity index (χ1n) is 14.5. The van der Waals surface area contributed by atoms with Crippen LogP contribution < -0.4 is 4.74 Å². The molecule has 0 atom stereocenters. The van der Waals surface area contributed by atoms with Gasteiger partial charge in [0.05, 0.1) is 6.61 Å². The Hall–Kier alpha value is -4.28. The van der Waals surface area contributed by atoms with Crippen molar-refractivity contribution in [1.82, 2.24) is 4.90 Å². The molecule has 0 bridgehead atoms. The number of piperidine rings is 1. The lowest BCUT2D eigenvalue weighted by molar-refractivity contribution is -0.192. The minimum atomic E-state index is -5.08. The van der Waals surface area contributed by atoms with Gasteiger partial charge in [-0.25, -0.2) is 13.6 Å². The molecule has 238 valence electrons. The minimum absolute atomic E-state index is 0.143. The molecule has 0 spiro atoms. The predicted molar refractivity (Wildman–Crippen MR) is 161 cm³/mol. The number of benzene rings is 4. The van der Waals surface area contributed by atoms with E-state index in [0.29, 0.717) is 17.7 Å². The summed E-state index contributed by atoms with van der Waals surface area (Å²) < 4.78 is 64.9. The normalized spacial score (nSPS) is 14.4. The Balaban J connectivity index is 0.000000591. The average Bonchev–Trinajstić information content (AvgIpc) is 3.04. The van der Waals surface area contributed by atoms with Crippen molar-refractivity contribution in [2.75, 3.05) is 26.2 Å². The van der Waals surface area contributed by atoms with Crippen LogP contribution in [0.3, 0.4) is 0 Å². The van der Waals surface area contributed by atoms with Crippen molar-refractivity contribution in [2.24, 2.45) is 5.92 Å². The van der Waals surface area contributed by atoms with E-state index in [1.165, 1.54) is 12.1 Å². The maximum Gasteiger partial charge on any atom is 0.490 e. The third kappa shape index (κ3) is 8.89. The third-order valence-corrected chi connectivity index (χ3v) is 7.83. The molecule has 5 nitrogen and oxygen atoms in total. The number of alkyl halides is 3. The number of aliphatic hydroxyl groups is 1. The van der Waals surface area contributed by atoms with Crippen LogP contribution in [0, 0.1) is 17.6 Å². The van der Waals surface area contributed by atoms with Crippen LogP contribution in [-0.4, -0.2) is 53.5 Å². The summed E-state index contributed by atoms with van der Waals surface area (Å²) in [5.41, 5.74) is 1.95. The fourth-order valence-corrected chi connectivity index (χ4v) is 5.53. The van der Waals surface area contributed by atoms with E-state index in [-0.39, 0.29) is 5.92 Å². The van der Waals surface area contributed by atoms with Crippen LogP contribution in [-0.2, 0) is 10.4 Å². The molecule has 2 N–H and O–H groups in total. The lowest BCUT2D eigenvalue weighted by atomic mass is 9.72. The molecule has 45 heavy (non-hydrogen) atoms. The highest BCUT2D eigenvalue weighted by atomic mass is 19.4. The second kappa shape index (κ2) is 15.1. The van der Waals surface area contributed by atoms with Crippen molar-refractivity contribution < 1.29 is 41.7 Å². The Labute approximate surface area is 258 Å². The summed E-state index contributed by atoms with van der Waals surface area (Å²) >= 11 is 0. The zero-order valence-electron chi connectivity index (χ0n) is 24.4. The van der Waals surface area contributed by atoms with Gasteiger partial charge in [0.1, 0.15) is 23.0 Å². The molecule has 0 saturated carbocycles. The molecule has 1 fully saturated rings. The Bertz CT molecular complexity index is 1470. The number of ether oxygens (including phenoxy) is 1. The molecular formula is C35H34F5NO4. The van der Waals surface area contributed by atoms with E-state index in [2.05, 4.69) is 4.90 Å². The number of carbonyl (C=O) groups is 1. The van der Waals surface area contributed by atoms with Crippen molar-refractivity contribution >= 4 is 5.97 Å². The van der Waals surface area contributed by atoms with Gasteiger partial charge in [0.2, 0.25) is 0 Å². The van der Waals surface area contributed by atoms with E-state index in [4.69, 9.17) is 14.6 Å². The molecule has 0 unspecified atom stereocenters. The highest BCUT2D eigenvalue weighted by Crippen LogP contribution is 2.42. The van der Waals surface area contributed by atoms with E-state index >= 15 is 0 Å².